The molecule has 1 heterocycles. The predicted molar refractivity (Wildman–Crippen MR) is 69.1 cm³/mol. The van der Waals surface area contributed by atoms with Crippen molar-refractivity contribution in [3.8, 4) is 11.5 Å². The van der Waals surface area contributed by atoms with Crippen LogP contribution in [0.3, 0.4) is 0 Å². The maximum atomic E-state index is 10.4. The fourth-order valence-electron chi connectivity index (χ4n) is 3.25. The van der Waals surface area contributed by atoms with E-state index in [0.29, 0.717) is 12.2 Å². The summed E-state index contributed by atoms with van der Waals surface area (Å²) in [7, 11) is 0. The Kier molecular flexibility index (Phi) is 2.39. The van der Waals surface area contributed by atoms with Crippen molar-refractivity contribution in [2.24, 2.45) is 0 Å². The maximum Gasteiger partial charge on any atom is 0.129 e. The van der Waals surface area contributed by atoms with Gasteiger partial charge in [0.25, 0.3) is 0 Å². The molecular weight excluding hydrogens is 228 g/mol. The van der Waals surface area contributed by atoms with Crippen LogP contribution in [0, 0.1) is 20.8 Å². The molecule has 0 amide bonds. The van der Waals surface area contributed by atoms with Gasteiger partial charge in [0, 0.05) is 17.5 Å². The minimum Gasteiger partial charge on any atom is -0.507 e. The molecule has 2 aliphatic rings. The van der Waals surface area contributed by atoms with Crippen molar-refractivity contribution in [3.05, 3.63) is 22.3 Å². The molecule has 3 nitrogen and oxygen atoms in total. The average Bonchev–Trinajstić information content (AvgIpc) is 2.30. The minimum atomic E-state index is -0.515. The summed E-state index contributed by atoms with van der Waals surface area (Å²) in [6.07, 6.45) is 3.38. The van der Waals surface area contributed by atoms with Gasteiger partial charge in [-0.1, -0.05) is 0 Å². The predicted octanol–water partition coefficient (Wildman–Crippen LogP) is 3.06. The third kappa shape index (κ3) is 1.40. The zero-order valence-electron chi connectivity index (χ0n) is 11.2. The van der Waals surface area contributed by atoms with Crippen molar-refractivity contribution in [2.75, 3.05) is 0 Å². The molecule has 1 aromatic carbocycles. The minimum absolute atomic E-state index is 0.146. The second-order valence-electron chi connectivity index (χ2n) is 5.82. The van der Waals surface area contributed by atoms with Gasteiger partial charge in [-0.25, -0.2) is 0 Å². The van der Waals surface area contributed by atoms with Gasteiger partial charge in [0.15, 0.2) is 0 Å². The zero-order valence-corrected chi connectivity index (χ0v) is 11.2. The van der Waals surface area contributed by atoms with Crippen molar-refractivity contribution in [1.82, 2.24) is 0 Å². The van der Waals surface area contributed by atoms with Crippen LogP contribution in [0.4, 0.5) is 0 Å². The van der Waals surface area contributed by atoms with Gasteiger partial charge in [0.2, 0.25) is 0 Å². The molecule has 3 rings (SSSR count). The molecule has 1 aromatic rings. The van der Waals surface area contributed by atoms with Gasteiger partial charge in [0.1, 0.15) is 17.1 Å². The van der Waals surface area contributed by atoms with E-state index >= 15 is 0 Å². The fraction of sp³-hybridized carbons (Fsp3) is 0.600. The molecule has 3 heteroatoms. The van der Waals surface area contributed by atoms with E-state index in [2.05, 4.69) is 0 Å². The van der Waals surface area contributed by atoms with Gasteiger partial charge in [-0.3, -0.25) is 0 Å². The molecule has 1 fully saturated rings. The van der Waals surface area contributed by atoms with Crippen molar-refractivity contribution in [1.29, 1.82) is 0 Å². The van der Waals surface area contributed by atoms with Crippen molar-refractivity contribution in [2.45, 2.75) is 58.2 Å². The van der Waals surface area contributed by atoms with Gasteiger partial charge in [0.05, 0.1) is 6.10 Å². The maximum absolute atomic E-state index is 10.4. The molecule has 18 heavy (non-hydrogen) atoms. The lowest BCUT2D eigenvalue weighted by molar-refractivity contribution is -0.0672. The Morgan fingerprint density at radius 3 is 2.33 bits per heavy atom. The first-order chi connectivity index (χ1) is 8.45. The van der Waals surface area contributed by atoms with E-state index in [4.69, 9.17) is 4.74 Å². The Labute approximate surface area is 107 Å². The summed E-state index contributed by atoms with van der Waals surface area (Å²) in [5.74, 6) is 1.10. The lowest BCUT2D eigenvalue weighted by Gasteiger charge is -2.47. The second-order valence-corrected chi connectivity index (χ2v) is 5.82. The SMILES string of the molecule is Cc1c(C)c2c(c(C)c1O)C(O)CC1(CCC1)O2. The number of hydrogen-bond donors (Lipinski definition) is 2. The normalized spacial score (nSPS) is 24.3. The van der Waals surface area contributed by atoms with Crippen LogP contribution in [0.2, 0.25) is 0 Å². The Balaban J connectivity index is 2.19. The first kappa shape index (κ1) is 11.8. The number of rotatable bonds is 0. The molecule has 0 aromatic heterocycles. The lowest BCUT2D eigenvalue weighted by Crippen LogP contribution is -2.47. The monoisotopic (exact) mass is 248 g/mol. The topological polar surface area (TPSA) is 49.7 Å². The fourth-order valence-corrected chi connectivity index (χ4v) is 3.25. The molecule has 1 unspecified atom stereocenters. The highest BCUT2D eigenvalue weighted by atomic mass is 16.5. The molecule has 98 valence electrons. The summed E-state index contributed by atoms with van der Waals surface area (Å²) in [5.41, 5.74) is 3.21. The number of phenols is 1. The molecule has 1 spiro atoms. The highest BCUT2D eigenvalue weighted by Crippen LogP contribution is 2.52. The molecule has 1 saturated carbocycles. The van der Waals surface area contributed by atoms with Gasteiger partial charge in [-0.05, 0) is 51.2 Å². The van der Waals surface area contributed by atoms with Crippen LogP contribution in [0.1, 0.15) is 54.0 Å². The van der Waals surface area contributed by atoms with Crippen LogP contribution in [0.25, 0.3) is 0 Å². The van der Waals surface area contributed by atoms with E-state index in [1.54, 1.807) is 0 Å². The van der Waals surface area contributed by atoms with Crippen LogP contribution in [-0.2, 0) is 0 Å². The highest BCUT2D eigenvalue weighted by molar-refractivity contribution is 5.59. The number of hydrogen-bond acceptors (Lipinski definition) is 3. The average molecular weight is 248 g/mol. The summed E-state index contributed by atoms with van der Waals surface area (Å²) >= 11 is 0. The summed E-state index contributed by atoms with van der Waals surface area (Å²) in [5, 5.41) is 20.5. The standard InChI is InChI=1S/C15H20O3/c1-8-9(2)14-12(10(3)13(8)17)11(16)7-15(18-14)5-4-6-15/h11,16-17H,4-7H2,1-3H3. The molecular formula is C15H20O3. The molecule has 0 saturated heterocycles. The van der Waals surface area contributed by atoms with Crippen LogP contribution < -0.4 is 4.74 Å². The van der Waals surface area contributed by atoms with Gasteiger partial charge < -0.3 is 14.9 Å². The van der Waals surface area contributed by atoms with Crippen LogP contribution in [0.5, 0.6) is 11.5 Å². The molecule has 1 aliphatic heterocycles. The first-order valence-electron chi connectivity index (χ1n) is 6.65. The van der Waals surface area contributed by atoms with E-state index in [1.165, 1.54) is 6.42 Å². The van der Waals surface area contributed by atoms with Crippen LogP contribution in [-0.4, -0.2) is 15.8 Å². The van der Waals surface area contributed by atoms with Gasteiger partial charge in [-0.15, -0.1) is 0 Å². The van der Waals surface area contributed by atoms with Crippen molar-refractivity contribution >= 4 is 0 Å². The van der Waals surface area contributed by atoms with Gasteiger partial charge in [-0.2, -0.15) is 0 Å². The Bertz CT molecular complexity index is 515. The van der Waals surface area contributed by atoms with Crippen LogP contribution >= 0.6 is 0 Å². The Morgan fingerprint density at radius 2 is 1.78 bits per heavy atom. The summed E-state index contributed by atoms with van der Waals surface area (Å²) < 4.78 is 6.20. The number of phenolic OH excluding ortho intramolecular Hbond substituents is 1. The molecule has 2 N–H and O–H groups in total. The van der Waals surface area contributed by atoms with E-state index in [1.807, 2.05) is 20.8 Å². The van der Waals surface area contributed by atoms with E-state index in [-0.39, 0.29) is 5.60 Å². The first-order valence-corrected chi connectivity index (χ1v) is 6.65. The summed E-state index contributed by atoms with van der Waals surface area (Å²) in [6.45, 7) is 5.71. The van der Waals surface area contributed by atoms with E-state index in [0.717, 1.165) is 40.8 Å². The molecule has 1 aliphatic carbocycles. The molecule has 0 bridgehead atoms. The smallest absolute Gasteiger partial charge is 0.129 e. The number of benzene rings is 1. The number of fused-ring (bicyclic) bond motifs is 1. The number of aromatic hydroxyl groups is 1. The van der Waals surface area contributed by atoms with Gasteiger partial charge >= 0.3 is 0 Å². The molecule has 0 radical (unpaired) electrons. The third-order valence-corrected chi connectivity index (χ3v) is 4.74. The van der Waals surface area contributed by atoms with Crippen molar-refractivity contribution in [3.63, 3.8) is 0 Å². The number of ether oxygens (including phenoxy) is 1. The third-order valence-electron chi connectivity index (χ3n) is 4.74. The summed E-state index contributed by atoms with van der Waals surface area (Å²) in [6, 6.07) is 0. The summed E-state index contributed by atoms with van der Waals surface area (Å²) in [4.78, 5) is 0. The molecule has 1 atom stereocenters. The quantitative estimate of drug-likeness (QED) is 0.742. The largest absolute Gasteiger partial charge is 0.507 e. The second kappa shape index (κ2) is 3.64. The number of aliphatic hydroxyl groups is 1. The highest BCUT2D eigenvalue weighted by Gasteiger charge is 2.46. The van der Waals surface area contributed by atoms with E-state index in [9.17, 15) is 10.2 Å². The Hall–Kier alpha value is -1.22. The van der Waals surface area contributed by atoms with E-state index < -0.39 is 6.10 Å². The number of aliphatic hydroxyl groups excluding tert-OH is 1. The lowest BCUT2D eigenvalue weighted by atomic mass is 9.72. The van der Waals surface area contributed by atoms with Crippen molar-refractivity contribution < 1.29 is 14.9 Å². The zero-order chi connectivity index (χ0) is 13.1. The van der Waals surface area contributed by atoms with Crippen LogP contribution in [0.15, 0.2) is 0 Å². The Morgan fingerprint density at radius 1 is 1.11 bits per heavy atom.